The minimum atomic E-state index is -0.430. The van der Waals surface area contributed by atoms with Gasteiger partial charge in [0.2, 0.25) is 11.8 Å². The summed E-state index contributed by atoms with van der Waals surface area (Å²) in [4.78, 5) is 26.3. The van der Waals surface area contributed by atoms with E-state index in [9.17, 15) is 9.59 Å². The van der Waals surface area contributed by atoms with Crippen LogP contribution in [0.15, 0.2) is 22.7 Å². The third-order valence-corrected chi connectivity index (χ3v) is 4.49. The highest BCUT2D eigenvalue weighted by Crippen LogP contribution is 2.25. The van der Waals surface area contributed by atoms with E-state index in [1.54, 1.807) is 4.90 Å². The van der Waals surface area contributed by atoms with Crippen LogP contribution in [0.4, 0.5) is 5.69 Å². The van der Waals surface area contributed by atoms with Crippen molar-refractivity contribution in [3.8, 4) is 0 Å². The highest BCUT2D eigenvalue weighted by atomic mass is 79.9. The zero-order valence-corrected chi connectivity index (χ0v) is 14.2. The molecule has 1 aliphatic heterocycles. The highest BCUT2D eigenvalue weighted by Gasteiger charge is 2.31. The van der Waals surface area contributed by atoms with Crippen molar-refractivity contribution in [3.05, 3.63) is 28.2 Å². The second-order valence-electron chi connectivity index (χ2n) is 5.92. The van der Waals surface area contributed by atoms with Crippen LogP contribution in [0.1, 0.15) is 32.3 Å². The van der Waals surface area contributed by atoms with Crippen LogP contribution in [0.3, 0.4) is 0 Å². The van der Waals surface area contributed by atoms with Gasteiger partial charge in [-0.15, -0.1) is 0 Å². The third-order valence-electron chi connectivity index (χ3n) is 3.64. The van der Waals surface area contributed by atoms with E-state index in [1.807, 2.05) is 25.1 Å². The molecule has 1 aromatic rings. The van der Waals surface area contributed by atoms with Crippen molar-refractivity contribution in [1.82, 2.24) is 5.32 Å². The summed E-state index contributed by atoms with van der Waals surface area (Å²) in [6.07, 6.45) is 1.000. The quantitative estimate of drug-likeness (QED) is 0.908. The maximum Gasteiger partial charge on any atom is 0.249 e. The molecule has 1 aliphatic rings. The molecule has 1 fully saturated rings. The maximum atomic E-state index is 12.7. The molecule has 0 radical (unpaired) electrons. The van der Waals surface area contributed by atoms with Gasteiger partial charge >= 0.3 is 0 Å². The summed E-state index contributed by atoms with van der Waals surface area (Å²) in [7, 11) is 0. The number of hydrogen-bond acceptors (Lipinski definition) is 2. The lowest BCUT2D eigenvalue weighted by Gasteiger charge is -2.25. The van der Waals surface area contributed by atoms with Crippen LogP contribution in [-0.2, 0) is 9.59 Å². The number of nitrogens with one attached hydrogen (secondary N) is 1. The number of aryl methyl sites for hydroxylation is 1. The van der Waals surface area contributed by atoms with Crippen molar-refractivity contribution < 1.29 is 9.59 Å². The highest BCUT2D eigenvalue weighted by molar-refractivity contribution is 9.10. The van der Waals surface area contributed by atoms with E-state index >= 15 is 0 Å². The lowest BCUT2D eigenvalue weighted by molar-refractivity contribution is -0.125. The third kappa shape index (κ3) is 3.84. The zero-order chi connectivity index (χ0) is 15.6. The lowest BCUT2D eigenvalue weighted by atomic mass is 10.0. The van der Waals surface area contributed by atoms with Gasteiger partial charge in [0.1, 0.15) is 6.04 Å². The predicted molar refractivity (Wildman–Crippen MR) is 87.2 cm³/mol. The van der Waals surface area contributed by atoms with Crippen molar-refractivity contribution in [2.24, 2.45) is 5.92 Å². The number of carbonyl (C=O) groups is 2. The SMILES string of the molecule is Cc1ccc(N2CCC(=O)NC(CC(C)C)C2=O)cc1Br. The molecule has 0 aromatic heterocycles. The van der Waals surface area contributed by atoms with E-state index < -0.39 is 6.04 Å². The monoisotopic (exact) mass is 352 g/mol. The standard InChI is InChI=1S/C16H21BrN2O2/c1-10(2)8-14-16(21)19(7-6-15(20)18-14)12-5-4-11(3)13(17)9-12/h4-5,9-10,14H,6-8H2,1-3H3,(H,18,20). The first kappa shape index (κ1) is 16.0. The summed E-state index contributed by atoms with van der Waals surface area (Å²) in [5.74, 6) is 0.275. The molecule has 0 spiro atoms. The predicted octanol–water partition coefficient (Wildman–Crippen LogP) is 3.03. The van der Waals surface area contributed by atoms with E-state index in [2.05, 4.69) is 35.1 Å². The van der Waals surface area contributed by atoms with Crippen LogP contribution >= 0.6 is 15.9 Å². The fraction of sp³-hybridized carbons (Fsp3) is 0.500. The van der Waals surface area contributed by atoms with Crippen molar-refractivity contribution in [1.29, 1.82) is 0 Å². The average Bonchev–Trinajstić information content (AvgIpc) is 2.53. The second kappa shape index (κ2) is 6.60. The van der Waals surface area contributed by atoms with Gasteiger partial charge in [-0.2, -0.15) is 0 Å². The van der Waals surface area contributed by atoms with Gasteiger partial charge < -0.3 is 10.2 Å². The van der Waals surface area contributed by atoms with Gasteiger partial charge in [0.25, 0.3) is 0 Å². The van der Waals surface area contributed by atoms with Gasteiger partial charge in [-0.25, -0.2) is 0 Å². The van der Waals surface area contributed by atoms with Crippen molar-refractivity contribution >= 4 is 33.4 Å². The van der Waals surface area contributed by atoms with Crippen LogP contribution in [0.5, 0.6) is 0 Å². The Morgan fingerprint density at radius 1 is 1.38 bits per heavy atom. The van der Waals surface area contributed by atoms with Crippen molar-refractivity contribution in [2.75, 3.05) is 11.4 Å². The molecule has 1 N–H and O–H groups in total. The van der Waals surface area contributed by atoms with Gasteiger partial charge in [0.15, 0.2) is 0 Å². The van der Waals surface area contributed by atoms with Crippen LogP contribution in [-0.4, -0.2) is 24.4 Å². The van der Waals surface area contributed by atoms with Crippen LogP contribution < -0.4 is 10.2 Å². The number of nitrogens with zero attached hydrogens (tertiary/aromatic N) is 1. The Balaban J connectivity index is 2.30. The van der Waals surface area contributed by atoms with Crippen LogP contribution in [0.25, 0.3) is 0 Å². The largest absolute Gasteiger partial charge is 0.344 e. The molecule has 1 heterocycles. The van der Waals surface area contributed by atoms with Gasteiger partial charge in [-0.05, 0) is 37.0 Å². The molecule has 5 heteroatoms. The molecule has 114 valence electrons. The summed E-state index contributed by atoms with van der Waals surface area (Å²) < 4.78 is 0.969. The van der Waals surface area contributed by atoms with E-state index in [4.69, 9.17) is 0 Å². The Morgan fingerprint density at radius 3 is 2.71 bits per heavy atom. The fourth-order valence-electron chi connectivity index (χ4n) is 2.48. The zero-order valence-electron chi connectivity index (χ0n) is 12.6. The fourth-order valence-corrected chi connectivity index (χ4v) is 2.84. The molecule has 1 atom stereocenters. The topological polar surface area (TPSA) is 49.4 Å². The Hall–Kier alpha value is -1.36. The summed E-state index contributed by atoms with van der Waals surface area (Å²) in [6, 6.07) is 5.42. The average molecular weight is 353 g/mol. The smallest absolute Gasteiger partial charge is 0.249 e. The molecule has 21 heavy (non-hydrogen) atoms. The van der Waals surface area contributed by atoms with E-state index in [-0.39, 0.29) is 11.8 Å². The number of halogens is 1. The summed E-state index contributed by atoms with van der Waals surface area (Å²) >= 11 is 3.50. The molecule has 0 aliphatic carbocycles. The molecule has 1 aromatic carbocycles. The van der Waals surface area contributed by atoms with E-state index in [0.717, 1.165) is 15.7 Å². The van der Waals surface area contributed by atoms with Crippen LogP contribution in [0, 0.1) is 12.8 Å². The maximum absolute atomic E-state index is 12.7. The summed E-state index contributed by atoms with van der Waals surface area (Å²) in [5, 5.41) is 2.84. The molecule has 4 nitrogen and oxygen atoms in total. The molecule has 2 rings (SSSR count). The number of benzene rings is 1. The molecule has 1 saturated heterocycles. The van der Waals surface area contributed by atoms with E-state index in [1.165, 1.54) is 0 Å². The summed E-state index contributed by atoms with van der Waals surface area (Å²) in [5.41, 5.74) is 1.96. The summed E-state index contributed by atoms with van der Waals surface area (Å²) in [6.45, 7) is 6.54. The Labute approximate surface area is 134 Å². The molecule has 0 saturated carbocycles. The molecular weight excluding hydrogens is 332 g/mol. The van der Waals surface area contributed by atoms with Crippen molar-refractivity contribution in [3.63, 3.8) is 0 Å². The number of rotatable bonds is 3. The Kier molecular flexibility index (Phi) is 5.04. The van der Waals surface area contributed by atoms with Gasteiger partial charge in [0.05, 0.1) is 0 Å². The first-order chi connectivity index (χ1) is 9.88. The van der Waals surface area contributed by atoms with E-state index in [0.29, 0.717) is 25.3 Å². The number of amides is 2. The number of carbonyl (C=O) groups excluding carboxylic acids is 2. The molecule has 1 unspecified atom stereocenters. The Bertz CT molecular complexity index is 557. The van der Waals surface area contributed by atoms with Crippen molar-refractivity contribution in [2.45, 2.75) is 39.7 Å². The molecule has 0 bridgehead atoms. The lowest BCUT2D eigenvalue weighted by Crippen LogP contribution is -2.45. The van der Waals surface area contributed by atoms with Crippen LogP contribution in [0.2, 0.25) is 0 Å². The first-order valence-electron chi connectivity index (χ1n) is 7.25. The number of hydrogen-bond donors (Lipinski definition) is 1. The first-order valence-corrected chi connectivity index (χ1v) is 8.04. The minimum absolute atomic E-state index is 0.0229. The molecule has 2 amide bonds. The minimum Gasteiger partial charge on any atom is -0.344 e. The van der Waals surface area contributed by atoms with Gasteiger partial charge in [-0.3, -0.25) is 9.59 Å². The normalized spacial score (nSPS) is 19.7. The number of anilines is 1. The Morgan fingerprint density at radius 2 is 2.10 bits per heavy atom. The van der Waals surface area contributed by atoms with Gasteiger partial charge in [0, 0.05) is 23.1 Å². The second-order valence-corrected chi connectivity index (χ2v) is 6.78. The molecular formula is C16H21BrN2O2. The van der Waals surface area contributed by atoms with Gasteiger partial charge in [-0.1, -0.05) is 35.8 Å².